The van der Waals surface area contributed by atoms with E-state index in [1.165, 1.54) is 12.8 Å². The van der Waals surface area contributed by atoms with E-state index in [2.05, 4.69) is 13.0 Å². The van der Waals surface area contributed by atoms with Crippen LogP contribution in [-0.2, 0) is 4.74 Å². The van der Waals surface area contributed by atoms with Crippen molar-refractivity contribution in [2.24, 2.45) is 11.3 Å². The van der Waals surface area contributed by atoms with Crippen LogP contribution in [0, 0.1) is 22.7 Å². The number of rotatable bonds is 3. The zero-order valence-electron chi connectivity index (χ0n) is 12.3. The highest BCUT2D eigenvalue weighted by atomic mass is 16.5. The largest absolute Gasteiger partial charge is 0.388 e. The fourth-order valence-corrected chi connectivity index (χ4v) is 4.05. The van der Waals surface area contributed by atoms with Crippen molar-refractivity contribution < 1.29 is 9.84 Å². The molecule has 2 rings (SSSR count). The Morgan fingerprint density at radius 1 is 1.32 bits per heavy atom. The SMILES string of the molecule is CCCC1CCC(C#N)(C2(O)CCOC(C)C2)CC1. The first-order valence-corrected chi connectivity index (χ1v) is 7.80. The minimum absolute atomic E-state index is 0.0670. The van der Waals surface area contributed by atoms with Crippen LogP contribution in [0.3, 0.4) is 0 Å². The molecule has 108 valence electrons. The predicted octanol–water partition coefficient (Wildman–Crippen LogP) is 3.42. The average Bonchev–Trinajstić information content (AvgIpc) is 2.40. The number of hydrogen-bond donors (Lipinski definition) is 1. The van der Waals surface area contributed by atoms with Crippen LogP contribution in [0.15, 0.2) is 0 Å². The molecule has 0 bridgehead atoms. The molecule has 0 spiro atoms. The molecule has 1 aliphatic heterocycles. The fourth-order valence-electron chi connectivity index (χ4n) is 4.05. The van der Waals surface area contributed by atoms with Gasteiger partial charge in [0, 0.05) is 19.4 Å². The molecule has 0 aromatic rings. The minimum atomic E-state index is -0.837. The molecule has 0 radical (unpaired) electrons. The summed E-state index contributed by atoms with van der Waals surface area (Å²) in [5.41, 5.74) is -1.37. The van der Waals surface area contributed by atoms with E-state index in [4.69, 9.17) is 4.74 Å². The Bertz CT molecular complexity index is 341. The second kappa shape index (κ2) is 5.81. The molecule has 2 unspecified atom stereocenters. The van der Waals surface area contributed by atoms with Crippen LogP contribution in [0.1, 0.15) is 65.2 Å². The van der Waals surface area contributed by atoms with Gasteiger partial charge in [0.05, 0.1) is 23.2 Å². The number of ether oxygens (including phenoxy) is 1. The summed E-state index contributed by atoms with van der Waals surface area (Å²) in [5.74, 6) is 0.757. The van der Waals surface area contributed by atoms with Gasteiger partial charge in [-0.2, -0.15) is 5.26 Å². The summed E-state index contributed by atoms with van der Waals surface area (Å²) in [6, 6.07) is 2.51. The van der Waals surface area contributed by atoms with Gasteiger partial charge in [-0.15, -0.1) is 0 Å². The molecular weight excluding hydrogens is 238 g/mol. The lowest BCUT2D eigenvalue weighted by atomic mass is 9.59. The van der Waals surface area contributed by atoms with Gasteiger partial charge in [0.25, 0.3) is 0 Å². The summed E-state index contributed by atoms with van der Waals surface area (Å²) >= 11 is 0. The van der Waals surface area contributed by atoms with Gasteiger partial charge in [-0.1, -0.05) is 19.8 Å². The molecule has 2 aliphatic rings. The molecule has 3 nitrogen and oxygen atoms in total. The van der Waals surface area contributed by atoms with E-state index in [1.807, 2.05) is 6.92 Å². The Balaban J connectivity index is 2.09. The molecule has 19 heavy (non-hydrogen) atoms. The van der Waals surface area contributed by atoms with Gasteiger partial charge in [-0.25, -0.2) is 0 Å². The number of nitrogens with zero attached hydrogens (tertiary/aromatic N) is 1. The Hall–Kier alpha value is -0.590. The van der Waals surface area contributed by atoms with Crippen molar-refractivity contribution in [1.82, 2.24) is 0 Å². The van der Waals surface area contributed by atoms with Crippen LogP contribution in [0.4, 0.5) is 0 Å². The Labute approximate surface area is 117 Å². The summed E-state index contributed by atoms with van der Waals surface area (Å²) in [5, 5.41) is 20.7. The summed E-state index contributed by atoms with van der Waals surface area (Å²) in [6.45, 7) is 4.80. The highest BCUT2D eigenvalue weighted by Gasteiger charge is 2.53. The summed E-state index contributed by atoms with van der Waals surface area (Å²) in [7, 11) is 0. The maximum Gasteiger partial charge on any atom is 0.0879 e. The van der Waals surface area contributed by atoms with Gasteiger partial charge in [0.2, 0.25) is 0 Å². The maximum atomic E-state index is 11.0. The molecule has 1 saturated carbocycles. The third-order valence-corrected chi connectivity index (χ3v) is 5.30. The number of hydrogen-bond acceptors (Lipinski definition) is 3. The maximum absolute atomic E-state index is 11.0. The zero-order chi connectivity index (χ0) is 13.9. The third-order valence-electron chi connectivity index (χ3n) is 5.30. The lowest BCUT2D eigenvalue weighted by Gasteiger charge is -2.49. The Morgan fingerprint density at radius 3 is 2.53 bits per heavy atom. The average molecular weight is 265 g/mol. The second-order valence-electron chi connectivity index (χ2n) is 6.59. The molecule has 1 heterocycles. The third kappa shape index (κ3) is 2.80. The molecule has 0 aromatic heterocycles. The van der Waals surface area contributed by atoms with Gasteiger partial charge in [-0.05, 0) is 38.5 Å². The Morgan fingerprint density at radius 2 is 2.00 bits per heavy atom. The smallest absolute Gasteiger partial charge is 0.0879 e. The van der Waals surface area contributed by atoms with Crippen LogP contribution in [0.5, 0.6) is 0 Å². The highest BCUT2D eigenvalue weighted by Crippen LogP contribution is 2.51. The van der Waals surface area contributed by atoms with Gasteiger partial charge >= 0.3 is 0 Å². The van der Waals surface area contributed by atoms with E-state index in [-0.39, 0.29) is 6.10 Å². The zero-order valence-corrected chi connectivity index (χ0v) is 12.3. The van der Waals surface area contributed by atoms with Crippen molar-refractivity contribution in [1.29, 1.82) is 5.26 Å². The van der Waals surface area contributed by atoms with Crippen molar-refractivity contribution in [2.45, 2.75) is 76.9 Å². The Kier molecular flexibility index (Phi) is 4.53. The number of aliphatic hydroxyl groups is 1. The van der Waals surface area contributed by atoms with Crippen LogP contribution in [-0.4, -0.2) is 23.4 Å². The molecule has 2 atom stereocenters. The molecule has 3 heteroatoms. The van der Waals surface area contributed by atoms with Crippen molar-refractivity contribution in [3.05, 3.63) is 0 Å². The van der Waals surface area contributed by atoms with Crippen LogP contribution >= 0.6 is 0 Å². The minimum Gasteiger partial charge on any atom is -0.388 e. The molecule has 1 N–H and O–H groups in total. The standard InChI is InChI=1S/C16H27NO2/c1-3-4-14-5-7-15(12-17,8-6-14)16(18)9-10-19-13(2)11-16/h13-14,18H,3-11H2,1-2H3. The van der Waals surface area contributed by atoms with Crippen molar-refractivity contribution >= 4 is 0 Å². The molecule has 0 amide bonds. The van der Waals surface area contributed by atoms with Gasteiger partial charge < -0.3 is 9.84 Å². The normalized spacial score (nSPS) is 43.7. The van der Waals surface area contributed by atoms with E-state index in [9.17, 15) is 10.4 Å². The fraction of sp³-hybridized carbons (Fsp3) is 0.938. The van der Waals surface area contributed by atoms with E-state index in [0.29, 0.717) is 19.4 Å². The lowest BCUT2D eigenvalue weighted by Crippen LogP contribution is -2.54. The molecule has 1 aliphatic carbocycles. The van der Waals surface area contributed by atoms with Gasteiger partial charge in [0.15, 0.2) is 0 Å². The van der Waals surface area contributed by atoms with E-state index < -0.39 is 11.0 Å². The van der Waals surface area contributed by atoms with Crippen molar-refractivity contribution in [2.75, 3.05) is 6.61 Å². The van der Waals surface area contributed by atoms with Crippen LogP contribution in [0.25, 0.3) is 0 Å². The van der Waals surface area contributed by atoms with Crippen molar-refractivity contribution in [3.63, 3.8) is 0 Å². The van der Waals surface area contributed by atoms with Crippen molar-refractivity contribution in [3.8, 4) is 6.07 Å². The topological polar surface area (TPSA) is 53.2 Å². The van der Waals surface area contributed by atoms with Gasteiger partial charge in [0.1, 0.15) is 0 Å². The first-order valence-electron chi connectivity index (χ1n) is 7.80. The molecule has 1 saturated heterocycles. The molecule has 0 aromatic carbocycles. The quantitative estimate of drug-likeness (QED) is 0.850. The highest BCUT2D eigenvalue weighted by molar-refractivity contribution is 5.14. The first kappa shape index (κ1) is 14.8. The van der Waals surface area contributed by atoms with Crippen LogP contribution in [0.2, 0.25) is 0 Å². The first-order chi connectivity index (χ1) is 9.05. The summed E-state index contributed by atoms with van der Waals surface area (Å²) < 4.78 is 5.54. The molecular formula is C16H27NO2. The second-order valence-corrected chi connectivity index (χ2v) is 6.59. The summed E-state index contributed by atoms with van der Waals surface area (Å²) in [4.78, 5) is 0. The lowest BCUT2D eigenvalue weighted by molar-refractivity contribution is -0.158. The van der Waals surface area contributed by atoms with E-state index >= 15 is 0 Å². The predicted molar refractivity (Wildman–Crippen MR) is 74.5 cm³/mol. The van der Waals surface area contributed by atoms with Gasteiger partial charge in [-0.3, -0.25) is 0 Å². The van der Waals surface area contributed by atoms with E-state index in [1.54, 1.807) is 0 Å². The summed E-state index contributed by atoms with van der Waals surface area (Å²) in [6.07, 6.45) is 7.69. The monoisotopic (exact) mass is 265 g/mol. The van der Waals surface area contributed by atoms with Crippen LogP contribution < -0.4 is 0 Å². The molecule has 2 fully saturated rings. The van der Waals surface area contributed by atoms with E-state index in [0.717, 1.165) is 31.6 Å². The number of nitriles is 1.